The minimum atomic E-state index is -0.101. The van der Waals surface area contributed by atoms with Crippen molar-refractivity contribution in [1.82, 2.24) is 15.1 Å². The Balaban J connectivity index is 2.00. The molecule has 1 atom stereocenters. The molecular weight excluding hydrogens is 202 g/mol. The second kappa shape index (κ2) is 4.72. The van der Waals surface area contributed by atoms with Crippen LogP contribution < -0.4 is 5.32 Å². The molecular formula is C12H23N3O. The molecule has 16 heavy (non-hydrogen) atoms. The van der Waals surface area contributed by atoms with Crippen molar-refractivity contribution in [3.05, 3.63) is 0 Å². The first-order valence-electron chi connectivity index (χ1n) is 6.36. The molecule has 2 aliphatic heterocycles. The van der Waals surface area contributed by atoms with E-state index < -0.39 is 0 Å². The highest BCUT2D eigenvalue weighted by Crippen LogP contribution is 2.32. The molecule has 0 saturated carbocycles. The molecule has 0 aromatic rings. The van der Waals surface area contributed by atoms with E-state index in [1.165, 1.54) is 0 Å². The zero-order valence-corrected chi connectivity index (χ0v) is 10.5. The molecule has 0 bridgehead atoms. The van der Waals surface area contributed by atoms with Crippen molar-refractivity contribution in [1.29, 1.82) is 0 Å². The van der Waals surface area contributed by atoms with Gasteiger partial charge in [0.15, 0.2) is 0 Å². The first-order valence-corrected chi connectivity index (χ1v) is 6.36. The van der Waals surface area contributed by atoms with Crippen molar-refractivity contribution in [3.63, 3.8) is 0 Å². The molecule has 0 aliphatic carbocycles. The van der Waals surface area contributed by atoms with Crippen LogP contribution in [0.25, 0.3) is 0 Å². The van der Waals surface area contributed by atoms with Gasteiger partial charge in [-0.3, -0.25) is 4.79 Å². The zero-order chi connectivity index (χ0) is 11.6. The summed E-state index contributed by atoms with van der Waals surface area (Å²) in [6, 6.07) is 0. The highest BCUT2D eigenvalue weighted by Gasteiger charge is 2.42. The predicted molar refractivity (Wildman–Crippen MR) is 64.3 cm³/mol. The van der Waals surface area contributed by atoms with Gasteiger partial charge in [-0.25, -0.2) is 0 Å². The van der Waals surface area contributed by atoms with Crippen LogP contribution in [0.15, 0.2) is 0 Å². The highest BCUT2D eigenvalue weighted by atomic mass is 16.2. The number of likely N-dealkylation sites (N-methyl/N-ethyl adjacent to an activating group) is 1. The molecule has 1 unspecified atom stereocenters. The molecule has 4 heteroatoms. The fraction of sp³-hybridized carbons (Fsp3) is 0.917. The maximum absolute atomic E-state index is 12.5. The highest BCUT2D eigenvalue weighted by molar-refractivity contribution is 5.83. The van der Waals surface area contributed by atoms with Crippen molar-refractivity contribution >= 4 is 5.91 Å². The number of carbonyl (C=O) groups is 1. The van der Waals surface area contributed by atoms with E-state index in [4.69, 9.17) is 0 Å². The van der Waals surface area contributed by atoms with Gasteiger partial charge >= 0.3 is 0 Å². The largest absolute Gasteiger partial charge is 0.340 e. The van der Waals surface area contributed by atoms with E-state index in [0.29, 0.717) is 5.91 Å². The van der Waals surface area contributed by atoms with E-state index in [1.54, 1.807) is 0 Å². The molecule has 0 aromatic carbocycles. The van der Waals surface area contributed by atoms with Crippen LogP contribution >= 0.6 is 0 Å². The lowest BCUT2D eigenvalue weighted by Crippen LogP contribution is -2.52. The topological polar surface area (TPSA) is 35.6 Å². The van der Waals surface area contributed by atoms with Gasteiger partial charge in [-0.2, -0.15) is 0 Å². The van der Waals surface area contributed by atoms with Gasteiger partial charge in [-0.05, 0) is 26.4 Å². The molecule has 92 valence electrons. The monoisotopic (exact) mass is 225 g/mol. The molecule has 1 amide bonds. The van der Waals surface area contributed by atoms with E-state index in [1.807, 2.05) is 0 Å². The summed E-state index contributed by atoms with van der Waals surface area (Å²) < 4.78 is 0. The fourth-order valence-electron chi connectivity index (χ4n) is 2.72. The first kappa shape index (κ1) is 11.9. The summed E-state index contributed by atoms with van der Waals surface area (Å²) in [4.78, 5) is 16.9. The number of rotatable bonds is 2. The Hall–Kier alpha value is -0.610. The maximum Gasteiger partial charge on any atom is 0.230 e. The lowest BCUT2D eigenvalue weighted by Gasteiger charge is -2.38. The Labute approximate surface area is 98.0 Å². The number of hydrogen-bond donors (Lipinski definition) is 1. The van der Waals surface area contributed by atoms with Gasteiger partial charge in [0.2, 0.25) is 5.91 Å². The molecule has 0 aromatic heterocycles. The van der Waals surface area contributed by atoms with E-state index in [-0.39, 0.29) is 5.41 Å². The van der Waals surface area contributed by atoms with Gasteiger partial charge in [0, 0.05) is 32.7 Å². The lowest BCUT2D eigenvalue weighted by atomic mass is 9.82. The Morgan fingerprint density at radius 3 is 2.50 bits per heavy atom. The summed E-state index contributed by atoms with van der Waals surface area (Å²) in [7, 11) is 2.12. The van der Waals surface area contributed by atoms with E-state index in [0.717, 1.165) is 52.1 Å². The third-order valence-electron chi connectivity index (χ3n) is 4.16. The van der Waals surface area contributed by atoms with Crippen LogP contribution in [0.1, 0.15) is 19.8 Å². The third kappa shape index (κ3) is 2.09. The van der Waals surface area contributed by atoms with E-state index in [9.17, 15) is 4.79 Å². The Morgan fingerprint density at radius 1 is 1.31 bits per heavy atom. The number of piperazine rings is 1. The molecule has 0 spiro atoms. The Bertz CT molecular complexity index is 253. The van der Waals surface area contributed by atoms with Gasteiger partial charge in [-0.15, -0.1) is 0 Å². The minimum Gasteiger partial charge on any atom is -0.340 e. The molecule has 2 fully saturated rings. The van der Waals surface area contributed by atoms with Gasteiger partial charge in [-0.1, -0.05) is 6.92 Å². The lowest BCUT2D eigenvalue weighted by molar-refractivity contribution is -0.143. The number of hydrogen-bond acceptors (Lipinski definition) is 3. The molecule has 1 N–H and O–H groups in total. The zero-order valence-electron chi connectivity index (χ0n) is 10.5. The minimum absolute atomic E-state index is 0.101. The summed E-state index contributed by atoms with van der Waals surface area (Å²) in [5, 5.41) is 3.33. The van der Waals surface area contributed by atoms with Gasteiger partial charge in [0.1, 0.15) is 0 Å². The van der Waals surface area contributed by atoms with Crippen LogP contribution in [-0.4, -0.2) is 62.0 Å². The van der Waals surface area contributed by atoms with Gasteiger partial charge in [0.25, 0.3) is 0 Å². The summed E-state index contributed by atoms with van der Waals surface area (Å²) in [5.74, 6) is 0.383. The smallest absolute Gasteiger partial charge is 0.230 e. The Kier molecular flexibility index (Phi) is 3.50. The summed E-state index contributed by atoms with van der Waals surface area (Å²) in [6.07, 6.45) is 1.97. The predicted octanol–water partition coefficient (Wildman–Crippen LogP) is 0.150. The van der Waals surface area contributed by atoms with Crippen molar-refractivity contribution in [3.8, 4) is 0 Å². The maximum atomic E-state index is 12.5. The normalized spacial score (nSPS) is 32.0. The SMILES string of the molecule is CCC1(C(=O)N2CCN(C)CC2)CCNC1. The third-order valence-corrected chi connectivity index (χ3v) is 4.16. The molecule has 4 nitrogen and oxygen atoms in total. The molecule has 2 heterocycles. The van der Waals surface area contributed by atoms with Crippen LogP contribution in [-0.2, 0) is 4.79 Å². The summed E-state index contributed by atoms with van der Waals surface area (Å²) in [5.41, 5.74) is -0.101. The van der Waals surface area contributed by atoms with Crippen molar-refractivity contribution < 1.29 is 4.79 Å². The second-order valence-electron chi connectivity index (χ2n) is 5.16. The van der Waals surface area contributed by atoms with Gasteiger partial charge in [0.05, 0.1) is 5.41 Å². The van der Waals surface area contributed by atoms with E-state index in [2.05, 4.69) is 29.1 Å². The van der Waals surface area contributed by atoms with Crippen molar-refractivity contribution in [2.24, 2.45) is 5.41 Å². The number of nitrogens with zero attached hydrogens (tertiary/aromatic N) is 2. The van der Waals surface area contributed by atoms with Gasteiger partial charge < -0.3 is 15.1 Å². The average molecular weight is 225 g/mol. The average Bonchev–Trinajstić information content (AvgIpc) is 2.79. The van der Waals surface area contributed by atoms with Crippen LogP contribution in [0.4, 0.5) is 0 Å². The van der Waals surface area contributed by atoms with E-state index >= 15 is 0 Å². The van der Waals surface area contributed by atoms with Crippen molar-refractivity contribution in [2.75, 3.05) is 46.3 Å². The van der Waals surface area contributed by atoms with Crippen LogP contribution in [0.2, 0.25) is 0 Å². The molecule has 2 saturated heterocycles. The number of carbonyl (C=O) groups excluding carboxylic acids is 1. The van der Waals surface area contributed by atoms with Crippen LogP contribution in [0, 0.1) is 5.41 Å². The fourth-order valence-corrected chi connectivity index (χ4v) is 2.72. The number of nitrogens with one attached hydrogen (secondary N) is 1. The first-order chi connectivity index (χ1) is 7.68. The Morgan fingerprint density at radius 2 is 2.00 bits per heavy atom. The molecule has 2 aliphatic rings. The summed E-state index contributed by atoms with van der Waals surface area (Å²) >= 11 is 0. The van der Waals surface area contributed by atoms with Crippen molar-refractivity contribution in [2.45, 2.75) is 19.8 Å². The molecule has 0 radical (unpaired) electrons. The quantitative estimate of drug-likeness (QED) is 0.726. The van der Waals surface area contributed by atoms with Crippen LogP contribution in [0.3, 0.4) is 0 Å². The molecule has 2 rings (SSSR count). The van der Waals surface area contributed by atoms with Crippen LogP contribution in [0.5, 0.6) is 0 Å². The second-order valence-corrected chi connectivity index (χ2v) is 5.16. The number of amides is 1. The summed E-state index contributed by atoms with van der Waals surface area (Å²) in [6.45, 7) is 7.83. The standard InChI is InChI=1S/C12H23N3O/c1-3-12(4-5-13-10-12)11(16)15-8-6-14(2)7-9-15/h13H,3-10H2,1-2H3.